The summed E-state index contributed by atoms with van der Waals surface area (Å²) in [4.78, 5) is 25.7. The number of ether oxygens (including phenoxy) is 2. The van der Waals surface area contributed by atoms with Gasteiger partial charge in [0.25, 0.3) is 0 Å². The third-order valence-corrected chi connectivity index (χ3v) is 3.90. The predicted octanol–water partition coefficient (Wildman–Crippen LogP) is 0.413. The van der Waals surface area contributed by atoms with Crippen molar-refractivity contribution in [2.75, 3.05) is 39.5 Å². The highest BCUT2D eigenvalue weighted by Crippen LogP contribution is 2.15. The first-order chi connectivity index (χ1) is 10.1. The number of morpholine rings is 1. The second-order valence-electron chi connectivity index (χ2n) is 6.26. The van der Waals surface area contributed by atoms with Crippen LogP contribution in [0.3, 0.4) is 0 Å². The molecule has 2 rings (SSSR count). The smallest absolute Gasteiger partial charge is 0.248 e. The van der Waals surface area contributed by atoms with Gasteiger partial charge >= 0.3 is 0 Å². The molecule has 0 aliphatic carbocycles. The van der Waals surface area contributed by atoms with Crippen LogP contribution in [0.4, 0.5) is 0 Å². The molecule has 2 saturated heterocycles. The Morgan fingerprint density at radius 1 is 1.38 bits per heavy atom. The van der Waals surface area contributed by atoms with Crippen LogP contribution in [0.25, 0.3) is 0 Å². The van der Waals surface area contributed by atoms with Gasteiger partial charge in [-0.1, -0.05) is 13.8 Å². The van der Waals surface area contributed by atoms with Gasteiger partial charge in [0.05, 0.1) is 6.10 Å². The van der Waals surface area contributed by atoms with E-state index in [4.69, 9.17) is 9.47 Å². The molecule has 0 saturated carbocycles. The quantitative estimate of drug-likeness (QED) is 0.798. The topological polar surface area (TPSA) is 67.9 Å². The van der Waals surface area contributed by atoms with Crippen LogP contribution < -0.4 is 5.32 Å². The highest BCUT2D eigenvalue weighted by Gasteiger charge is 2.28. The number of carbonyl (C=O) groups excluding carboxylic acids is 2. The zero-order valence-electron chi connectivity index (χ0n) is 13.0. The van der Waals surface area contributed by atoms with E-state index in [0.717, 1.165) is 19.4 Å². The summed E-state index contributed by atoms with van der Waals surface area (Å²) in [5.41, 5.74) is 0. The molecule has 0 aromatic heterocycles. The van der Waals surface area contributed by atoms with Gasteiger partial charge in [-0.25, -0.2) is 0 Å². The van der Waals surface area contributed by atoms with Crippen molar-refractivity contribution in [1.29, 1.82) is 0 Å². The third-order valence-electron chi connectivity index (χ3n) is 3.90. The molecule has 0 radical (unpaired) electrons. The molecular formula is C15H26N2O4. The molecule has 2 heterocycles. The van der Waals surface area contributed by atoms with Gasteiger partial charge in [-0.05, 0) is 18.8 Å². The van der Waals surface area contributed by atoms with Gasteiger partial charge in [0, 0.05) is 38.8 Å². The summed E-state index contributed by atoms with van der Waals surface area (Å²) in [6.45, 7) is 7.39. The zero-order chi connectivity index (χ0) is 15.2. The first-order valence-electron chi connectivity index (χ1n) is 7.81. The fourth-order valence-corrected chi connectivity index (χ4v) is 2.74. The second-order valence-corrected chi connectivity index (χ2v) is 6.26. The minimum absolute atomic E-state index is 0.0377. The summed E-state index contributed by atoms with van der Waals surface area (Å²) in [6.07, 6.45) is 1.47. The Labute approximate surface area is 126 Å². The second kappa shape index (κ2) is 7.75. The van der Waals surface area contributed by atoms with Crippen molar-refractivity contribution < 1.29 is 19.1 Å². The zero-order valence-corrected chi connectivity index (χ0v) is 13.0. The van der Waals surface area contributed by atoms with Crippen molar-refractivity contribution >= 4 is 11.8 Å². The molecule has 2 aliphatic heterocycles. The number of rotatable bonds is 5. The Kier molecular flexibility index (Phi) is 5.99. The van der Waals surface area contributed by atoms with Gasteiger partial charge in [0.2, 0.25) is 11.8 Å². The highest BCUT2D eigenvalue weighted by atomic mass is 16.5. The molecular weight excluding hydrogens is 272 g/mol. The fourth-order valence-electron chi connectivity index (χ4n) is 2.74. The highest BCUT2D eigenvalue weighted by molar-refractivity contribution is 5.79. The number of hydrogen-bond acceptors (Lipinski definition) is 4. The molecule has 2 amide bonds. The first-order valence-corrected chi connectivity index (χ1v) is 7.81. The summed E-state index contributed by atoms with van der Waals surface area (Å²) in [6, 6.07) is 0. The average molecular weight is 298 g/mol. The molecule has 21 heavy (non-hydrogen) atoms. The number of carbonyl (C=O) groups is 2. The van der Waals surface area contributed by atoms with E-state index in [1.54, 1.807) is 0 Å². The van der Waals surface area contributed by atoms with E-state index in [9.17, 15) is 9.59 Å². The van der Waals surface area contributed by atoms with Crippen LogP contribution >= 0.6 is 0 Å². The number of amides is 2. The normalized spacial score (nSPS) is 24.4. The Balaban J connectivity index is 1.74. The van der Waals surface area contributed by atoms with Gasteiger partial charge in [0.1, 0.15) is 6.61 Å². The van der Waals surface area contributed by atoms with Crippen LogP contribution in [0.1, 0.15) is 26.7 Å². The summed E-state index contributed by atoms with van der Waals surface area (Å²) in [7, 11) is 0. The van der Waals surface area contributed by atoms with E-state index in [1.807, 2.05) is 4.90 Å². The largest absolute Gasteiger partial charge is 0.381 e. The molecule has 0 aromatic carbocycles. The molecule has 0 bridgehead atoms. The maximum Gasteiger partial charge on any atom is 0.248 e. The van der Waals surface area contributed by atoms with Gasteiger partial charge in [-0.2, -0.15) is 0 Å². The van der Waals surface area contributed by atoms with Crippen LogP contribution in [0.15, 0.2) is 0 Å². The van der Waals surface area contributed by atoms with Crippen LogP contribution in [0.5, 0.6) is 0 Å². The monoisotopic (exact) mass is 298 g/mol. The van der Waals surface area contributed by atoms with E-state index < -0.39 is 0 Å². The van der Waals surface area contributed by atoms with Gasteiger partial charge < -0.3 is 19.7 Å². The molecule has 6 heteroatoms. The van der Waals surface area contributed by atoms with E-state index in [0.29, 0.717) is 32.2 Å². The SMILES string of the molecule is CC(C)CN1CC(CNC(=O)C2CCOCC2)OCC1=O. The Morgan fingerprint density at radius 3 is 2.76 bits per heavy atom. The van der Waals surface area contributed by atoms with Gasteiger partial charge in [0.15, 0.2) is 0 Å². The van der Waals surface area contributed by atoms with Crippen molar-refractivity contribution in [1.82, 2.24) is 10.2 Å². The van der Waals surface area contributed by atoms with E-state index in [2.05, 4.69) is 19.2 Å². The third kappa shape index (κ3) is 4.97. The van der Waals surface area contributed by atoms with Crippen LogP contribution in [0.2, 0.25) is 0 Å². The lowest BCUT2D eigenvalue weighted by atomic mass is 9.99. The summed E-state index contributed by atoms with van der Waals surface area (Å²) in [5.74, 6) is 0.602. The maximum absolute atomic E-state index is 12.1. The minimum atomic E-state index is -0.106. The number of hydrogen-bond donors (Lipinski definition) is 1. The van der Waals surface area contributed by atoms with E-state index >= 15 is 0 Å². The molecule has 6 nitrogen and oxygen atoms in total. The Morgan fingerprint density at radius 2 is 2.10 bits per heavy atom. The van der Waals surface area contributed by atoms with Gasteiger partial charge in [-0.3, -0.25) is 9.59 Å². The molecule has 0 spiro atoms. The predicted molar refractivity (Wildman–Crippen MR) is 77.7 cm³/mol. The molecule has 2 fully saturated rings. The molecule has 120 valence electrons. The summed E-state index contributed by atoms with van der Waals surface area (Å²) >= 11 is 0. The Bertz CT molecular complexity index is 367. The minimum Gasteiger partial charge on any atom is -0.381 e. The van der Waals surface area contributed by atoms with Crippen molar-refractivity contribution in [3.8, 4) is 0 Å². The van der Waals surface area contributed by atoms with E-state index in [-0.39, 0.29) is 30.4 Å². The van der Waals surface area contributed by atoms with Crippen molar-refractivity contribution in [2.24, 2.45) is 11.8 Å². The number of nitrogens with one attached hydrogen (secondary N) is 1. The first kappa shape index (κ1) is 16.2. The van der Waals surface area contributed by atoms with Crippen LogP contribution in [0, 0.1) is 11.8 Å². The molecule has 0 aromatic rings. The average Bonchev–Trinajstić information content (AvgIpc) is 2.48. The molecule has 1 N–H and O–H groups in total. The lowest BCUT2D eigenvalue weighted by Crippen LogP contribution is -2.52. The van der Waals surface area contributed by atoms with Crippen molar-refractivity contribution in [2.45, 2.75) is 32.8 Å². The lowest BCUT2D eigenvalue weighted by Gasteiger charge is -2.34. The molecule has 2 aliphatic rings. The standard InChI is InChI=1S/C15H26N2O4/c1-11(2)8-17-9-13(21-10-14(17)18)7-16-15(19)12-3-5-20-6-4-12/h11-13H,3-10H2,1-2H3,(H,16,19). The molecule has 1 unspecified atom stereocenters. The number of nitrogens with zero attached hydrogens (tertiary/aromatic N) is 1. The van der Waals surface area contributed by atoms with Crippen molar-refractivity contribution in [3.05, 3.63) is 0 Å². The summed E-state index contributed by atoms with van der Waals surface area (Å²) < 4.78 is 10.8. The van der Waals surface area contributed by atoms with Crippen molar-refractivity contribution in [3.63, 3.8) is 0 Å². The molecule has 1 atom stereocenters. The van der Waals surface area contributed by atoms with Crippen LogP contribution in [-0.4, -0.2) is 62.3 Å². The van der Waals surface area contributed by atoms with Gasteiger partial charge in [-0.15, -0.1) is 0 Å². The lowest BCUT2D eigenvalue weighted by molar-refractivity contribution is -0.149. The van der Waals surface area contributed by atoms with Crippen LogP contribution in [-0.2, 0) is 19.1 Å². The van der Waals surface area contributed by atoms with E-state index in [1.165, 1.54) is 0 Å². The fraction of sp³-hybridized carbons (Fsp3) is 0.867. The summed E-state index contributed by atoms with van der Waals surface area (Å²) in [5, 5.41) is 2.95. The Hall–Kier alpha value is -1.14. The maximum atomic E-state index is 12.1.